The summed E-state index contributed by atoms with van der Waals surface area (Å²) >= 11 is 0. The van der Waals surface area contributed by atoms with Gasteiger partial charge in [0, 0.05) is 6.07 Å². The van der Waals surface area contributed by atoms with Crippen LogP contribution in [0.3, 0.4) is 0 Å². The van der Waals surface area contributed by atoms with Gasteiger partial charge in [-0.25, -0.2) is 8.78 Å². The predicted octanol–water partition coefficient (Wildman–Crippen LogP) is 2.75. The van der Waals surface area contributed by atoms with Crippen LogP contribution in [0.15, 0.2) is 72.8 Å². The highest BCUT2D eigenvalue weighted by molar-refractivity contribution is 6.04. The van der Waals surface area contributed by atoms with E-state index in [2.05, 4.69) is 10.6 Å². The van der Waals surface area contributed by atoms with Gasteiger partial charge < -0.3 is 20.5 Å². The summed E-state index contributed by atoms with van der Waals surface area (Å²) in [5, 5.41) is 14.5. The van der Waals surface area contributed by atoms with E-state index in [1.165, 1.54) is 6.92 Å². The van der Waals surface area contributed by atoms with Gasteiger partial charge >= 0.3 is 5.97 Å². The summed E-state index contributed by atoms with van der Waals surface area (Å²) in [6, 6.07) is 15.2. The van der Waals surface area contributed by atoms with Crippen molar-refractivity contribution in [3.8, 4) is 5.75 Å². The van der Waals surface area contributed by atoms with Gasteiger partial charge in [0.05, 0.1) is 12.1 Å². The molecule has 3 amide bonds. The highest BCUT2D eigenvalue weighted by atomic mass is 19.1. The molecule has 3 aromatic rings. The molecular formula is C28H25F2N3O6. The van der Waals surface area contributed by atoms with E-state index in [4.69, 9.17) is 4.74 Å². The van der Waals surface area contributed by atoms with Crippen molar-refractivity contribution in [3.05, 3.63) is 95.6 Å². The molecule has 1 aliphatic rings. The Hall–Kier alpha value is -4.80. The summed E-state index contributed by atoms with van der Waals surface area (Å²) in [5.74, 6) is -4.84. The van der Waals surface area contributed by atoms with Gasteiger partial charge in [0.1, 0.15) is 36.0 Å². The Bertz CT molecular complexity index is 1380. The van der Waals surface area contributed by atoms with E-state index in [1.54, 1.807) is 54.6 Å². The lowest BCUT2D eigenvalue weighted by Crippen LogP contribution is -2.56. The number of halogens is 2. The fourth-order valence-corrected chi connectivity index (χ4v) is 4.27. The van der Waals surface area contributed by atoms with Crippen molar-refractivity contribution < 1.29 is 37.8 Å². The van der Waals surface area contributed by atoms with Crippen molar-refractivity contribution in [2.75, 3.05) is 11.4 Å². The molecule has 202 valence electrons. The number of ether oxygens (including phenoxy) is 1. The van der Waals surface area contributed by atoms with Gasteiger partial charge in [-0.05, 0) is 42.3 Å². The molecule has 0 spiro atoms. The molecule has 1 aliphatic heterocycles. The van der Waals surface area contributed by atoms with Crippen molar-refractivity contribution in [3.63, 3.8) is 0 Å². The minimum Gasteiger partial charge on any atom is -0.481 e. The zero-order chi connectivity index (χ0) is 28.1. The monoisotopic (exact) mass is 537 g/mol. The second-order valence-electron chi connectivity index (χ2n) is 8.96. The Morgan fingerprint density at radius 3 is 2.31 bits per heavy atom. The van der Waals surface area contributed by atoms with Crippen LogP contribution < -0.4 is 20.3 Å². The van der Waals surface area contributed by atoms with Crippen LogP contribution in [0.4, 0.5) is 14.5 Å². The molecule has 1 heterocycles. The van der Waals surface area contributed by atoms with E-state index in [9.17, 15) is 33.1 Å². The number of benzene rings is 3. The third-order valence-electron chi connectivity index (χ3n) is 6.02. The van der Waals surface area contributed by atoms with E-state index in [0.29, 0.717) is 11.6 Å². The van der Waals surface area contributed by atoms with Crippen LogP contribution in [0.2, 0.25) is 0 Å². The van der Waals surface area contributed by atoms with Crippen molar-refractivity contribution in [1.82, 2.24) is 10.6 Å². The topological polar surface area (TPSA) is 125 Å². The molecule has 0 unspecified atom stereocenters. The SMILES string of the molecule is C[C@H](NC(=O)Cc1cc(F)cc(F)c1)C(=O)N[C@@H]1C(=O)N(CC(=O)O)c2ccccc2O[C@@H]1c1ccccc1. The first-order valence-corrected chi connectivity index (χ1v) is 12.0. The third kappa shape index (κ3) is 6.56. The van der Waals surface area contributed by atoms with Gasteiger partial charge in [-0.3, -0.25) is 24.1 Å². The van der Waals surface area contributed by atoms with Gasteiger partial charge in [0.15, 0.2) is 6.10 Å². The van der Waals surface area contributed by atoms with Gasteiger partial charge in [-0.1, -0.05) is 42.5 Å². The van der Waals surface area contributed by atoms with E-state index < -0.39 is 60.1 Å². The minimum atomic E-state index is -1.36. The highest BCUT2D eigenvalue weighted by Gasteiger charge is 2.41. The van der Waals surface area contributed by atoms with Crippen LogP contribution in [-0.4, -0.2) is 47.4 Å². The Morgan fingerprint density at radius 1 is 1.00 bits per heavy atom. The number of amides is 3. The first kappa shape index (κ1) is 27.2. The van der Waals surface area contributed by atoms with E-state index in [-0.39, 0.29) is 23.4 Å². The molecule has 3 N–H and O–H groups in total. The van der Waals surface area contributed by atoms with Crippen LogP contribution in [0.5, 0.6) is 5.75 Å². The largest absolute Gasteiger partial charge is 0.481 e. The second-order valence-corrected chi connectivity index (χ2v) is 8.96. The molecule has 0 aliphatic carbocycles. The molecule has 3 atom stereocenters. The van der Waals surface area contributed by atoms with Crippen LogP contribution in [0, 0.1) is 11.6 Å². The first-order valence-electron chi connectivity index (χ1n) is 12.0. The standard InChI is InChI=1S/C28H25F2N3O6/c1-16(31-23(34)13-17-11-19(29)14-20(30)12-17)27(37)32-25-26(18-7-3-2-4-8-18)39-22-10-6-5-9-21(22)33(28(25)38)15-24(35)36/h2-12,14,16,25-26H,13,15H2,1H3,(H,31,34)(H,32,37)(H,35,36)/t16-,25-,26+/m0/s1. The van der Waals surface area contributed by atoms with Crippen LogP contribution in [0.1, 0.15) is 24.2 Å². The number of hydrogen-bond donors (Lipinski definition) is 3. The van der Waals surface area contributed by atoms with Crippen molar-refractivity contribution in [2.45, 2.75) is 31.5 Å². The number of rotatable bonds is 8. The minimum absolute atomic E-state index is 0.0798. The van der Waals surface area contributed by atoms with Gasteiger partial charge in [-0.2, -0.15) is 0 Å². The molecule has 9 nitrogen and oxygen atoms in total. The van der Waals surface area contributed by atoms with Gasteiger partial charge in [0.25, 0.3) is 5.91 Å². The van der Waals surface area contributed by atoms with Crippen LogP contribution >= 0.6 is 0 Å². The maximum atomic E-state index is 13.7. The van der Waals surface area contributed by atoms with Crippen molar-refractivity contribution in [2.24, 2.45) is 0 Å². The predicted molar refractivity (Wildman–Crippen MR) is 136 cm³/mol. The van der Waals surface area contributed by atoms with Crippen LogP contribution in [-0.2, 0) is 25.6 Å². The lowest BCUT2D eigenvalue weighted by atomic mass is 10.0. The number of aliphatic carboxylic acids is 1. The fraction of sp³-hybridized carbons (Fsp3) is 0.214. The zero-order valence-electron chi connectivity index (χ0n) is 20.8. The van der Waals surface area contributed by atoms with Crippen molar-refractivity contribution in [1.29, 1.82) is 0 Å². The smallest absolute Gasteiger partial charge is 0.323 e. The van der Waals surface area contributed by atoms with Crippen molar-refractivity contribution >= 4 is 29.4 Å². The number of carboxylic acid groups (broad SMARTS) is 1. The molecule has 0 saturated heterocycles. The summed E-state index contributed by atoms with van der Waals surface area (Å²) in [7, 11) is 0. The fourth-order valence-electron chi connectivity index (χ4n) is 4.27. The summed E-state index contributed by atoms with van der Waals surface area (Å²) in [4.78, 5) is 52.0. The summed E-state index contributed by atoms with van der Waals surface area (Å²) in [6.07, 6.45) is -1.41. The van der Waals surface area contributed by atoms with Gasteiger partial charge in [0.2, 0.25) is 11.8 Å². The number of hydrogen-bond acceptors (Lipinski definition) is 5. The maximum absolute atomic E-state index is 13.7. The molecule has 39 heavy (non-hydrogen) atoms. The van der Waals surface area contributed by atoms with E-state index in [0.717, 1.165) is 17.0 Å². The molecule has 0 saturated carbocycles. The number of carboxylic acids is 1. The average molecular weight is 538 g/mol. The van der Waals surface area contributed by atoms with Crippen LogP contribution in [0.25, 0.3) is 0 Å². The molecule has 0 fully saturated rings. The first-order chi connectivity index (χ1) is 18.6. The zero-order valence-corrected chi connectivity index (χ0v) is 20.8. The Labute approximate surface area is 222 Å². The quantitative estimate of drug-likeness (QED) is 0.406. The molecular weight excluding hydrogens is 512 g/mol. The summed E-state index contributed by atoms with van der Waals surface area (Å²) < 4.78 is 33.1. The lowest BCUT2D eigenvalue weighted by Gasteiger charge is -2.28. The van der Waals surface area contributed by atoms with E-state index >= 15 is 0 Å². The normalized spacial score (nSPS) is 17.3. The molecule has 0 bridgehead atoms. The average Bonchev–Trinajstić information content (AvgIpc) is 2.99. The molecule has 0 aromatic heterocycles. The van der Waals surface area contributed by atoms with E-state index in [1.807, 2.05) is 0 Å². The Balaban J connectivity index is 1.58. The number of nitrogens with zero attached hydrogens (tertiary/aromatic N) is 1. The second kappa shape index (κ2) is 11.7. The number of nitrogens with one attached hydrogen (secondary N) is 2. The number of para-hydroxylation sites is 2. The summed E-state index contributed by atoms with van der Waals surface area (Å²) in [5.41, 5.74) is 0.857. The summed E-state index contributed by atoms with van der Waals surface area (Å²) in [6.45, 7) is 0.701. The third-order valence-corrected chi connectivity index (χ3v) is 6.02. The molecule has 4 rings (SSSR count). The Morgan fingerprint density at radius 2 is 1.64 bits per heavy atom. The number of anilines is 1. The maximum Gasteiger partial charge on any atom is 0.323 e. The Kier molecular flexibility index (Phi) is 8.18. The molecule has 3 aromatic carbocycles. The number of fused-ring (bicyclic) bond motifs is 1. The highest BCUT2D eigenvalue weighted by Crippen LogP contribution is 2.37. The number of carbonyl (C=O) groups excluding carboxylic acids is 3. The lowest BCUT2D eigenvalue weighted by molar-refractivity contribution is -0.137. The molecule has 11 heteroatoms. The van der Waals surface area contributed by atoms with Gasteiger partial charge in [-0.15, -0.1) is 0 Å². The number of carbonyl (C=O) groups is 4. The molecule has 0 radical (unpaired) electrons.